The van der Waals surface area contributed by atoms with Crippen LogP contribution in [-0.2, 0) is 17.7 Å². The number of methoxy groups -OCH3 is 1. The monoisotopic (exact) mass is 360 g/mol. The normalized spacial score (nSPS) is 15.1. The van der Waals surface area contributed by atoms with Gasteiger partial charge in [-0.15, -0.1) is 0 Å². The Hall–Kier alpha value is -2.45. The van der Waals surface area contributed by atoms with Crippen LogP contribution in [0.1, 0.15) is 17.5 Å². The van der Waals surface area contributed by atoms with Gasteiger partial charge in [0, 0.05) is 18.7 Å². The second-order valence-electron chi connectivity index (χ2n) is 6.36. The van der Waals surface area contributed by atoms with Crippen molar-refractivity contribution in [2.45, 2.75) is 19.4 Å². The zero-order chi connectivity index (χ0) is 18.4. The zero-order valence-corrected chi connectivity index (χ0v) is 15.0. The second-order valence-corrected chi connectivity index (χ2v) is 6.36. The molecule has 0 unspecified atom stereocenters. The number of morpholine rings is 1. The van der Waals surface area contributed by atoms with Crippen molar-refractivity contribution in [3.8, 4) is 5.75 Å². The van der Waals surface area contributed by atoms with Crippen molar-refractivity contribution in [3.05, 3.63) is 51.8 Å². The molecule has 0 spiro atoms. The first-order chi connectivity index (χ1) is 12.7. The minimum atomic E-state index is -0.442. The topological polar surface area (TPSA) is 82.7 Å². The third kappa shape index (κ3) is 4.80. The Bertz CT molecular complexity index is 741. The number of nitro groups is 1. The molecule has 0 N–H and O–H groups in total. The van der Waals surface area contributed by atoms with Gasteiger partial charge < -0.3 is 9.47 Å². The van der Waals surface area contributed by atoms with Gasteiger partial charge in [0.25, 0.3) is 0 Å². The van der Waals surface area contributed by atoms with Crippen molar-refractivity contribution < 1.29 is 14.4 Å². The van der Waals surface area contributed by atoms with Crippen LogP contribution in [-0.4, -0.2) is 59.6 Å². The van der Waals surface area contributed by atoms with E-state index in [0.717, 1.165) is 57.0 Å². The molecule has 0 amide bonds. The Balaban J connectivity index is 1.62. The molecule has 2 heterocycles. The largest absolute Gasteiger partial charge is 0.496 e. The van der Waals surface area contributed by atoms with Gasteiger partial charge in [-0.05, 0) is 31.0 Å². The molecule has 0 bridgehead atoms. The molecule has 0 atom stereocenters. The maximum atomic E-state index is 10.8. The van der Waals surface area contributed by atoms with Crippen molar-refractivity contribution in [3.63, 3.8) is 0 Å². The maximum Gasteiger partial charge on any atom is 0.307 e. The number of aryl methyl sites for hydroxylation is 1. The summed E-state index contributed by atoms with van der Waals surface area (Å²) in [7, 11) is 1.63. The zero-order valence-electron chi connectivity index (χ0n) is 15.0. The molecule has 8 heteroatoms. The predicted molar refractivity (Wildman–Crippen MR) is 96.6 cm³/mol. The van der Waals surface area contributed by atoms with E-state index in [9.17, 15) is 10.1 Å². The van der Waals surface area contributed by atoms with Crippen LogP contribution in [0.2, 0.25) is 0 Å². The maximum absolute atomic E-state index is 10.8. The molecule has 140 valence electrons. The molecular weight excluding hydrogens is 336 g/mol. The highest BCUT2D eigenvalue weighted by atomic mass is 16.6. The highest BCUT2D eigenvalue weighted by Crippen LogP contribution is 2.22. The molecule has 26 heavy (non-hydrogen) atoms. The summed E-state index contributed by atoms with van der Waals surface area (Å²) in [6.07, 6.45) is 4.76. The molecule has 1 aliphatic heterocycles. The number of aromatic nitrogens is 2. The third-order valence-electron chi connectivity index (χ3n) is 4.55. The molecular formula is C18H24N4O4. The first kappa shape index (κ1) is 18.3. The van der Waals surface area contributed by atoms with E-state index < -0.39 is 4.92 Å². The Morgan fingerprint density at radius 3 is 2.85 bits per heavy atom. The molecule has 3 rings (SSSR count). The Labute approximate surface area is 152 Å². The van der Waals surface area contributed by atoms with Crippen LogP contribution in [0.25, 0.3) is 0 Å². The van der Waals surface area contributed by atoms with Gasteiger partial charge in [0.2, 0.25) is 0 Å². The van der Waals surface area contributed by atoms with E-state index in [1.54, 1.807) is 11.8 Å². The van der Waals surface area contributed by atoms with E-state index in [4.69, 9.17) is 9.47 Å². The molecule has 1 fully saturated rings. The molecule has 1 aromatic heterocycles. The second kappa shape index (κ2) is 8.77. The minimum Gasteiger partial charge on any atom is -0.496 e. The van der Waals surface area contributed by atoms with Crippen molar-refractivity contribution in [1.29, 1.82) is 0 Å². The van der Waals surface area contributed by atoms with E-state index in [1.807, 2.05) is 6.07 Å². The lowest BCUT2D eigenvalue weighted by molar-refractivity contribution is -0.385. The van der Waals surface area contributed by atoms with Gasteiger partial charge in [-0.2, -0.15) is 5.10 Å². The highest BCUT2D eigenvalue weighted by molar-refractivity contribution is 5.38. The fraction of sp³-hybridized carbons (Fsp3) is 0.500. The number of ether oxygens (including phenoxy) is 2. The van der Waals surface area contributed by atoms with Gasteiger partial charge in [0.05, 0.1) is 31.8 Å². The predicted octanol–water partition coefficient (Wildman–Crippen LogP) is 2.11. The summed E-state index contributed by atoms with van der Waals surface area (Å²) in [4.78, 5) is 12.8. The fourth-order valence-electron chi connectivity index (χ4n) is 3.15. The summed E-state index contributed by atoms with van der Waals surface area (Å²) < 4.78 is 12.4. The van der Waals surface area contributed by atoms with Crippen LogP contribution >= 0.6 is 0 Å². The number of nitrogens with zero attached hydrogens (tertiary/aromatic N) is 4. The van der Waals surface area contributed by atoms with Crippen molar-refractivity contribution in [1.82, 2.24) is 14.7 Å². The molecule has 0 aliphatic carbocycles. The number of benzene rings is 1. The van der Waals surface area contributed by atoms with E-state index >= 15 is 0 Å². The lowest BCUT2D eigenvalue weighted by atomic mass is 10.0. The quantitative estimate of drug-likeness (QED) is 0.530. The summed E-state index contributed by atoms with van der Waals surface area (Å²) in [6, 6.07) is 6.14. The van der Waals surface area contributed by atoms with Crippen LogP contribution in [0.5, 0.6) is 5.75 Å². The van der Waals surface area contributed by atoms with Crippen molar-refractivity contribution >= 4 is 5.69 Å². The van der Waals surface area contributed by atoms with Crippen molar-refractivity contribution in [2.24, 2.45) is 0 Å². The average molecular weight is 360 g/mol. The van der Waals surface area contributed by atoms with Gasteiger partial charge in [0.1, 0.15) is 18.1 Å². The molecule has 1 aromatic carbocycles. The van der Waals surface area contributed by atoms with Crippen molar-refractivity contribution in [2.75, 3.05) is 40.0 Å². The first-order valence-corrected chi connectivity index (χ1v) is 8.78. The number of rotatable bonds is 8. The fourth-order valence-corrected chi connectivity index (χ4v) is 3.15. The van der Waals surface area contributed by atoms with E-state index in [1.165, 1.54) is 18.0 Å². The van der Waals surface area contributed by atoms with Gasteiger partial charge in [-0.3, -0.25) is 19.7 Å². The van der Waals surface area contributed by atoms with Gasteiger partial charge in [-0.1, -0.05) is 12.1 Å². The molecule has 8 nitrogen and oxygen atoms in total. The number of hydrogen-bond donors (Lipinski definition) is 0. The van der Waals surface area contributed by atoms with E-state index in [0.29, 0.717) is 6.54 Å². The lowest BCUT2D eigenvalue weighted by Gasteiger charge is -2.26. The molecule has 0 radical (unpaired) electrons. The SMILES string of the molecule is COc1ccc(CCCN2CCOCC2)cc1Cn1cc([N+](=O)[O-])cn1. The summed E-state index contributed by atoms with van der Waals surface area (Å²) in [5, 5.41) is 14.9. The molecule has 1 aliphatic rings. The van der Waals surface area contributed by atoms with E-state index in [-0.39, 0.29) is 5.69 Å². The smallest absolute Gasteiger partial charge is 0.307 e. The summed E-state index contributed by atoms with van der Waals surface area (Å²) >= 11 is 0. The summed E-state index contributed by atoms with van der Waals surface area (Å²) in [5.74, 6) is 0.764. The Kier molecular flexibility index (Phi) is 6.19. The highest BCUT2D eigenvalue weighted by Gasteiger charge is 2.12. The first-order valence-electron chi connectivity index (χ1n) is 8.78. The van der Waals surface area contributed by atoms with Gasteiger partial charge in [0.15, 0.2) is 0 Å². The third-order valence-corrected chi connectivity index (χ3v) is 4.55. The Morgan fingerprint density at radius 1 is 1.35 bits per heavy atom. The standard InChI is InChI=1S/C18H24N4O4/c1-25-18-5-4-15(3-2-6-20-7-9-26-10-8-20)11-16(18)13-21-14-17(12-19-21)22(23)24/h4-5,11-12,14H,2-3,6-10,13H2,1H3. The molecule has 0 saturated carbocycles. The average Bonchev–Trinajstić information content (AvgIpc) is 3.12. The van der Waals surface area contributed by atoms with Crippen LogP contribution in [0, 0.1) is 10.1 Å². The number of hydrogen-bond acceptors (Lipinski definition) is 6. The molecule has 1 saturated heterocycles. The summed E-state index contributed by atoms with van der Waals surface area (Å²) in [5.41, 5.74) is 2.19. The van der Waals surface area contributed by atoms with Crippen LogP contribution in [0.4, 0.5) is 5.69 Å². The molecule has 2 aromatic rings. The van der Waals surface area contributed by atoms with Gasteiger partial charge >= 0.3 is 5.69 Å². The summed E-state index contributed by atoms with van der Waals surface area (Å²) in [6.45, 7) is 5.16. The van der Waals surface area contributed by atoms with Gasteiger partial charge in [-0.25, -0.2) is 0 Å². The van der Waals surface area contributed by atoms with E-state index in [2.05, 4.69) is 22.1 Å². The minimum absolute atomic E-state index is 0.00867. The lowest BCUT2D eigenvalue weighted by Crippen LogP contribution is -2.36. The van der Waals surface area contributed by atoms with Crippen LogP contribution in [0.15, 0.2) is 30.6 Å². The van der Waals surface area contributed by atoms with Crippen LogP contribution in [0.3, 0.4) is 0 Å². The Morgan fingerprint density at radius 2 is 2.15 bits per heavy atom. The van der Waals surface area contributed by atoms with Crippen LogP contribution < -0.4 is 4.74 Å².